The molecular formula is C34H46N4O4S. The molecule has 1 amide bonds. The smallest absolute Gasteiger partial charge is 0.249 e. The molecule has 8 nitrogen and oxygen atoms in total. The zero-order valence-corrected chi connectivity index (χ0v) is 27.1. The summed E-state index contributed by atoms with van der Waals surface area (Å²) < 4.78 is 37.8. The summed E-state index contributed by atoms with van der Waals surface area (Å²) in [5.41, 5.74) is 6.17. The zero-order valence-electron chi connectivity index (χ0n) is 26.3. The minimum atomic E-state index is -3.69. The zero-order chi connectivity index (χ0) is 30.7. The highest BCUT2D eigenvalue weighted by Crippen LogP contribution is 2.33. The van der Waals surface area contributed by atoms with Crippen molar-refractivity contribution in [1.82, 2.24) is 18.7 Å². The second kappa shape index (κ2) is 13.3. The van der Waals surface area contributed by atoms with Crippen molar-refractivity contribution < 1.29 is 17.9 Å². The van der Waals surface area contributed by atoms with Gasteiger partial charge in [-0.2, -0.15) is 4.31 Å². The molecule has 0 N–H and O–H groups in total. The fourth-order valence-corrected chi connectivity index (χ4v) is 9.03. The minimum Gasteiger partial charge on any atom is -0.370 e. The number of aromatic nitrogens is 1. The first-order valence-corrected chi connectivity index (χ1v) is 16.8. The highest BCUT2D eigenvalue weighted by molar-refractivity contribution is 7.89. The maximum Gasteiger partial charge on any atom is 0.249 e. The molecule has 1 fully saturated rings. The lowest BCUT2D eigenvalue weighted by Crippen LogP contribution is -2.47. The SMILES string of the molecule is Cc1cc(C)c(S(=O)(=O)N2CCCCC2COCC(=O)N2CCn3c(CN(C)C)ccc3C2Cc2ccccc2)c(C)c1. The first-order chi connectivity index (χ1) is 20.6. The number of benzene rings is 2. The number of aryl methyl sites for hydroxylation is 3. The summed E-state index contributed by atoms with van der Waals surface area (Å²) in [5.74, 6) is -0.0574. The Kier molecular flexibility index (Phi) is 9.76. The lowest BCUT2D eigenvalue weighted by Gasteiger charge is -2.38. The van der Waals surface area contributed by atoms with E-state index in [9.17, 15) is 13.2 Å². The van der Waals surface area contributed by atoms with Crippen molar-refractivity contribution in [1.29, 1.82) is 0 Å². The number of sulfonamides is 1. The molecule has 2 atom stereocenters. The third kappa shape index (κ3) is 6.90. The topological polar surface area (TPSA) is 75.1 Å². The van der Waals surface area contributed by atoms with Crippen LogP contribution in [0.15, 0.2) is 59.5 Å². The average Bonchev–Trinajstić information content (AvgIpc) is 3.35. The van der Waals surface area contributed by atoms with Gasteiger partial charge in [0, 0.05) is 43.6 Å². The summed E-state index contributed by atoms with van der Waals surface area (Å²) in [7, 11) is 0.445. The lowest BCUT2D eigenvalue weighted by molar-refractivity contribution is -0.140. The maximum atomic E-state index is 13.9. The number of amides is 1. The van der Waals surface area contributed by atoms with Gasteiger partial charge in [-0.05, 0) is 83.0 Å². The van der Waals surface area contributed by atoms with Crippen LogP contribution >= 0.6 is 0 Å². The van der Waals surface area contributed by atoms with Crippen LogP contribution in [0.4, 0.5) is 0 Å². The Bertz CT molecular complexity index is 1510. The molecule has 2 aliphatic heterocycles. The molecular weight excluding hydrogens is 560 g/mol. The van der Waals surface area contributed by atoms with Crippen LogP contribution in [0.2, 0.25) is 0 Å². The number of carbonyl (C=O) groups excluding carboxylic acids is 1. The lowest BCUT2D eigenvalue weighted by atomic mass is 10.00. The predicted octanol–water partition coefficient (Wildman–Crippen LogP) is 4.86. The summed E-state index contributed by atoms with van der Waals surface area (Å²) >= 11 is 0. The molecule has 0 saturated carbocycles. The molecule has 232 valence electrons. The molecule has 1 aromatic heterocycles. The molecule has 0 bridgehead atoms. The van der Waals surface area contributed by atoms with Crippen molar-refractivity contribution >= 4 is 15.9 Å². The number of hydrogen-bond donors (Lipinski definition) is 0. The van der Waals surface area contributed by atoms with Crippen molar-refractivity contribution in [2.45, 2.75) is 76.5 Å². The second-order valence-electron chi connectivity index (χ2n) is 12.4. The number of fused-ring (bicyclic) bond motifs is 1. The number of hydrogen-bond acceptors (Lipinski definition) is 5. The van der Waals surface area contributed by atoms with E-state index in [1.807, 2.05) is 56.0 Å². The monoisotopic (exact) mass is 606 g/mol. The fourth-order valence-electron chi connectivity index (χ4n) is 6.94. The quantitative estimate of drug-likeness (QED) is 0.330. The Morgan fingerprint density at radius 3 is 2.37 bits per heavy atom. The third-order valence-electron chi connectivity index (χ3n) is 8.74. The van der Waals surface area contributed by atoms with Crippen molar-refractivity contribution in [3.63, 3.8) is 0 Å². The van der Waals surface area contributed by atoms with Crippen molar-refractivity contribution in [3.05, 3.63) is 88.2 Å². The Balaban J connectivity index is 1.30. The van der Waals surface area contributed by atoms with Gasteiger partial charge in [-0.1, -0.05) is 54.4 Å². The van der Waals surface area contributed by atoms with Crippen molar-refractivity contribution in [2.75, 3.05) is 40.4 Å². The van der Waals surface area contributed by atoms with Gasteiger partial charge in [-0.3, -0.25) is 4.79 Å². The standard InChI is InChI=1S/C34H46N4O4S/c1-25-19-26(2)34(27(3)20-25)43(40,41)38-16-10-9-13-30(38)23-42-24-33(39)37-18-17-36-29(22-35(4)5)14-15-31(36)32(37)21-28-11-7-6-8-12-28/h6-8,11-12,14-15,19-20,30,32H,9-10,13,16-18,21-24H2,1-5H3. The van der Waals surface area contributed by atoms with Gasteiger partial charge < -0.3 is 19.1 Å². The van der Waals surface area contributed by atoms with Gasteiger partial charge in [0.25, 0.3) is 0 Å². The largest absolute Gasteiger partial charge is 0.370 e. The Hall–Kier alpha value is -2.98. The number of rotatable bonds is 10. The Labute approximate surface area is 257 Å². The molecule has 43 heavy (non-hydrogen) atoms. The van der Waals surface area contributed by atoms with E-state index in [2.05, 4.69) is 47.8 Å². The van der Waals surface area contributed by atoms with E-state index in [0.717, 1.165) is 61.2 Å². The number of ether oxygens (including phenoxy) is 1. The normalized spacial score (nSPS) is 19.5. The molecule has 2 unspecified atom stereocenters. The van der Waals surface area contributed by atoms with E-state index in [1.165, 1.54) is 11.3 Å². The molecule has 0 spiro atoms. The summed E-state index contributed by atoms with van der Waals surface area (Å²) in [5, 5.41) is 0. The summed E-state index contributed by atoms with van der Waals surface area (Å²) in [6.45, 7) is 8.52. The Morgan fingerprint density at radius 1 is 0.953 bits per heavy atom. The molecule has 9 heteroatoms. The van der Waals surface area contributed by atoms with Crippen LogP contribution in [0.5, 0.6) is 0 Å². The number of carbonyl (C=O) groups is 1. The first kappa shape index (κ1) is 31.4. The maximum absolute atomic E-state index is 13.9. The molecule has 3 aromatic rings. The van der Waals surface area contributed by atoms with Crippen LogP contribution in [-0.2, 0) is 39.1 Å². The van der Waals surface area contributed by atoms with E-state index in [1.54, 1.807) is 4.31 Å². The third-order valence-corrected chi connectivity index (χ3v) is 11.0. The predicted molar refractivity (Wildman–Crippen MR) is 169 cm³/mol. The van der Waals surface area contributed by atoms with Crippen LogP contribution < -0.4 is 0 Å². The number of piperidine rings is 1. The van der Waals surface area contributed by atoms with Crippen molar-refractivity contribution in [3.8, 4) is 0 Å². The molecule has 5 rings (SSSR count). The van der Waals surface area contributed by atoms with Crippen LogP contribution in [0.25, 0.3) is 0 Å². The summed E-state index contributed by atoms with van der Waals surface area (Å²) in [4.78, 5) is 18.2. The second-order valence-corrected chi connectivity index (χ2v) is 14.3. The first-order valence-electron chi connectivity index (χ1n) is 15.4. The van der Waals surface area contributed by atoms with Gasteiger partial charge in [-0.25, -0.2) is 8.42 Å². The number of nitrogens with zero attached hydrogens (tertiary/aromatic N) is 4. The summed E-state index contributed by atoms with van der Waals surface area (Å²) in [6.07, 6.45) is 3.21. The highest BCUT2D eigenvalue weighted by atomic mass is 32.2. The van der Waals surface area contributed by atoms with Gasteiger partial charge in [0.1, 0.15) is 6.61 Å². The van der Waals surface area contributed by atoms with E-state index in [0.29, 0.717) is 18.0 Å². The van der Waals surface area contributed by atoms with E-state index in [4.69, 9.17) is 4.74 Å². The van der Waals surface area contributed by atoms with Crippen LogP contribution in [-0.4, -0.2) is 79.4 Å². The van der Waals surface area contributed by atoms with Crippen molar-refractivity contribution in [2.24, 2.45) is 0 Å². The van der Waals surface area contributed by atoms with Gasteiger partial charge in [-0.15, -0.1) is 0 Å². The molecule has 2 aromatic carbocycles. The summed E-state index contributed by atoms with van der Waals surface area (Å²) in [6, 6.07) is 18.1. The van der Waals surface area contributed by atoms with E-state index < -0.39 is 10.0 Å². The van der Waals surface area contributed by atoms with E-state index in [-0.39, 0.29) is 31.2 Å². The molecule has 0 aliphatic carbocycles. The van der Waals surface area contributed by atoms with Crippen LogP contribution in [0.3, 0.4) is 0 Å². The van der Waals surface area contributed by atoms with Gasteiger partial charge in [0.05, 0.1) is 17.5 Å². The highest BCUT2D eigenvalue weighted by Gasteiger charge is 2.36. The Morgan fingerprint density at radius 2 is 1.67 bits per heavy atom. The van der Waals surface area contributed by atoms with Gasteiger partial charge >= 0.3 is 0 Å². The molecule has 3 heterocycles. The molecule has 2 aliphatic rings. The average molecular weight is 607 g/mol. The van der Waals surface area contributed by atoms with Gasteiger partial charge in [0.2, 0.25) is 15.9 Å². The van der Waals surface area contributed by atoms with Crippen LogP contribution in [0.1, 0.15) is 58.9 Å². The minimum absolute atomic E-state index is 0.0574. The van der Waals surface area contributed by atoms with Gasteiger partial charge in [0.15, 0.2) is 0 Å². The fraction of sp³-hybridized carbons (Fsp3) is 0.500. The molecule has 1 saturated heterocycles. The van der Waals surface area contributed by atoms with Crippen LogP contribution in [0, 0.1) is 20.8 Å². The molecule has 0 radical (unpaired) electrons. The van der Waals surface area contributed by atoms with E-state index >= 15 is 0 Å².